The Labute approximate surface area is 119 Å². The molecule has 3 N–H and O–H groups in total. The number of anilines is 1. The first-order valence-corrected chi connectivity index (χ1v) is 7.19. The molecular weight excluding hydrogens is 295 g/mol. The first-order chi connectivity index (χ1) is 8.75. The van der Waals surface area contributed by atoms with Crippen molar-refractivity contribution in [1.82, 2.24) is 4.98 Å². The Balaban J connectivity index is 3.12. The van der Waals surface area contributed by atoms with Gasteiger partial charge in [0.15, 0.2) is 0 Å². The van der Waals surface area contributed by atoms with E-state index in [2.05, 4.69) is 10.3 Å². The summed E-state index contributed by atoms with van der Waals surface area (Å²) in [7, 11) is 0. The van der Waals surface area contributed by atoms with Gasteiger partial charge in [0, 0.05) is 11.8 Å². The van der Waals surface area contributed by atoms with Crippen molar-refractivity contribution < 1.29 is 13.2 Å². The molecule has 1 atom stereocenters. The molecule has 0 aliphatic carbocycles. The fraction of sp³-hybridized carbons (Fsp3) is 0.455. The molecular formula is C11H14F3N3S2. The molecule has 0 aliphatic heterocycles. The molecule has 8 heteroatoms. The molecule has 1 unspecified atom stereocenters. The van der Waals surface area contributed by atoms with Gasteiger partial charge in [-0.25, -0.2) is 4.98 Å². The van der Waals surface area contributed by atoms with Crippen molar-refractivity contribution in [3.05, 3.63) is 23.4 Å². The summed E-state index contributed by atoms with van der Waals surface area (Å²) in [4.78, 5) is 3.59. The topological polar surface area (TPSA) is 50.9 Å². The molecule has 3 nitrogen and oxygen atoms in total. The highest BCUT2D eigenvalue weighted by Gasteiger charge is 2.33. The smallest absolute Gasteiger partial charge is 0.389 e. The molecule has 0 spiro atoms. The third-order valence-corrected chi connectivity index (χ3v) is 3.30. The normalized spacial score (nSPS) is 13.1. The standard InChI is InChI=1S/C11H14F3N3S2/c1-6(5-19-2)16-10-7(9(15)18)3-4-8(17-10)11(12,13)14/h3-4,6H,5H2,1-2H3,(H2,15,18)(H,16,17). The quantitative estimate of drug-likeness (QED) is 0.819. The SMILES string of the molecule is CSCC(C)Nc1nc(C(F)(F)F)ccc1C(N)=S. The summed E-state index contributed by atoms with van der Waals surface area (Å²) in [6.07, 6.45) is -2.58. The third kappa shape index (κ3) is 4.54. The van der Waals surface area contributed by atoms with Gasteiger partial charge in [-0.1, -0.05) is 12.2 Å². The summed E-state index contributed by atoms with van der Waals surface area (Å²) in [6, 6.07) is 2.07. The van der Waals surface area contributed by atoms with Crippen LogP contribution in [0.2, 0.25) is 0 Å². The van der Waals surface area contributed by atoms with Gasteiger partial charge in [-0.05, 0) is 25.3 Å². The van der Waals surface area contributed by atoms with E-state index in [9.17, 15) is 13.2 Å². The highest BCUT2D eigenvalue weighted by atomic mass is 32.2. The molecule has 1 aromatic heterocycles. The van der Waals surface area contributed by atoms with Crippen molar-refractivity contribution in [3.8, 4) is 0 Å². The van der Waals surface area contributed by atoms with E-state index in [1.807, 2.05) is 13.2 Å². The second-order valence-electron chi connectivity index (χ2n) is 3.96. The summed E-state index contributed by atoms with van der Waals surface area (Å²) in [5.74, 6) is 0.804. The highest BCUT2D eigenvalue weighted by Crippen LogP contribution is 2.29. The lowest BCUT2D eigenvalue weighted by atomic mass is 10.2. The van der Waals surface area contributed by atoms with Crippen molar-refractivity contribution >= 4 is 34.8 Å². The van der Waals surface area contributed by atoms with E-state index in [1.165, 1.54) is 6.07 Å². The molecule has 0 aromatic carbocycles. The lowest BCUT2D eigenvalue weighted by Gasteiger charge is -2.17. The molecule has 1 aromatic rings. The van der Waals surface area contributed by atoms with Crippen LogP contribution in [0, 0.1) is 0 Å². The number of halogens is 3. The van der Waals surface area contributed by atoms with Gasteiger partial charge >= 0.3 is 6.18 Å². The summed E-state index contributed by atoms with van der Waals surface area (Å²) in [5.41, 5.74) is 4.84. The van der Waals surface area contributed by atoms with Crippen LogP contribution in [0.3, 0.4) is 0 Å². The second-order valence-corrected chi connectivity index (χ2v) is 5.31. The fourth-order valence-corrected chi connectivity index (χ4v) is 2.20. The van der Waals surface area contributed by atoms with E-state index < -0.39 is 11.9 Å². The number of nitrogens with two attached hydrogens (primary N) is 1. The van der Waals surface area contributed by atoms with Gasteiger partial charge in [0.2, 0.25) is 0 Å². The predicted octanol–water partition coefficient (Wildman–Crippen LogP) is 2.90. The molecule has 0 bridgehead atoms. The number of aromatic nitrogens is 1. The predicted molar refractivity (Wildman–Crippen MR) is 76.6 cm³/mol. The number of hydrogen-bond acceptors (Lipinski definition) is 4. The average Bonchev–Trinajstić information content (AvgIpc) is 2.27. The summed E-state index contributed by atoms with van der Waals surface area (Å²) in [5, 5.41) is 2.91. The van der Waals surface area contributed by atoms with Gasteiger partial charge in [0.25, 0.3) is 0 Å². The van der Waals surface area contributed by atoms with Crippen molar-refractivity contribution in [2.45, 2.75) is 19.1 Å². The maximum absolute atomic E-state index is 12.6. The van der Waals surface area contributed by atoms with E-state index in [1.54, 1.807) is 11.8 Å². The Morgan fingerprint density at radius 2 is 2.16 bits per heavy atom. The molecule has 0 amide bonds. The Morgan fingerprint density at radius 1 is 1.53 bits per heavy atom. The fourth-order valence-electron chi connectivity index (χ4n) is 1.45. The molecule has 0 radical (unpaired) electrons. The largest absolute Gasteiger partial charge is 0.433 e. The number of hydrogen-bond donors (Lipinski definition) is 2. The van der Waals surface area contributed by atoms with Crippen LogP contribution < -0.4 is 11.1 Å². The van der Waals surface area contributed by atoms with E-state index >= 15 is 0 Å². The van der Waals surface area contributed by atoms with Crippen LogP contribution in [-0.4, -0.2) is 28.0 Å². The Morgan fingerprint density at radius 3 is 2.63 bits per heavy atom. The van der Waals surface area contributed by atoms with Gasteiger partial charge in [0.05, 0.1) is 5.56 Å². The van der Waals surface area contributed by atoms with E-state index in [0.29, 0.717) is 5.56 Å². The molecule has 0 fully saturated rings. The number of thioether (sulfide) groups is 1. The van der Waals surface area contributed by atoms with E-state index in [0.717, 1.165) is 11.8 Å². The summed E-state index contributed by atoms with van der Waals surface area (Å²) in [6.45, 7) is 1.85. The van der Waals surface area contributed by atoms with Crippen LogP contribution in [0.4, 0.5) is 19.0 Å². The zero-order valence-corrected chi connectivity index (χ0v) is 12.0. The molecule has 1 heterocycles. The van der Waals surface area contributed by atoms with Crippen LogP contribution in [-0.2, 0) is 6.18 Å². The first-order valence-electron chi connectivity index (χ1n) is 5.39. The van der Waals surface area contributed by atoms with Crippen LogP contribution in [0.25, 0.3) is 0 Å². The summed E-state index contributed by atoms with van der Waals surface area (Å²) >= 11 is 6.39. The van der Waals surface area contributed by atoms with Crippen LogP contribution in [0.1, 0.15) is 18.2 Å². The molecule has 0 saturated carbocycles. The molecule has 0 aliphatic rings. The van der Waals surface area contributed by atoms with E-state index in [4.69, 9.17) is 18.0 Å². The van der Waals surface area contributed by atoms with Crippen LogP contribution >= 0.6 is 24.0 Å². The average molecular weight is 309 g/mol. The highest BCUT2D eigenvalue weighted by molar-refractivity contribution is 7.98. The number of nitrogens with one attached hydrogen (secondary N) is 1. The summed E-state index contributed by atoms with van der Waals surface area (Å²) < 4.78 is 37.9. The zero-order valence-electron chi connectivity index (χ0n) is 10.4. The number of pyridine rings is 1. The maximum atomic E-state index is 12.6. The van der Waals surface area contributed by atoms with Crippen molar-refractivity contribution in [1.29, 1.82) is 0 Å². The number of nitrogens with zero attached hydrogens (tertiary/aromatic N) is 1. The maximum Gasteiger partial charge on any atom is 0.433 e. The molecule has 0 saturated heterocycles. The molecule has 1 rings (SSSR count). The van der Waals surface area contributed by atoms with Gasteiger partial charge in [-0.3, -0.25) is 0 Å². The number of rotatable bonds is 5. The zero-order chi connectivity index (χ0) is 14.6. The lowest BCUT2D eigenvalue weighted by molar-refractivity contribution is -0.141. The minimum atomic E-state index is -4.49. The monoisotopic (exact) mass is 309 g/mol. The third-order valence-electron chi connectivity index (χ3n) is 2.25. The molecule has 19 heavy (non-hydrogen) atoms. The Hall–Kier alpha value is -1.02. The van der Waals surface area contributed by atoms with Gasteiger partial charge in [-0.2, -0.15) is 24.9 Å². The first kappa shape index (κ1) is 16.0. The van der Waals surface area contributed by atoms with Crippen LogP contribution in [0.5, 0.6) is 0 Å². The number of thiocarbonyl (C=S) groups is 1. The Kier molecular flexibility index (Phi) is 5.42. The van der Waals surface area contributed by atoms with Crippen molar-refractivity contribution in [2.75, 3.05) is 17.3 Å². The lowest BCUT2D eigenvalue weighted by Crippen LogP contribution is -2.23. The van der Waals surface area contributed by atoms with Crippen molar-refractivity contribution in [3.63, 3.8) is 0 Å². The molecule has 106 valence electrons. The number of alkyl halides is 3. The van der Waals surface area contributed by atoms with Crippen LogP contribution in [0.15, 0.2) is 12.1 Å². The van der Waals surface area contributed by atoms with Gasteiger partial charge in [0.1, 0.15) is 16.5 Å². The second kappa shape index (κ2) is 6.42. The van der Waals surface area contributed by atoms with Gasteiger partial charge < -0.3 is 11.1 Å². The minimum absolute atomic E-state index is 0.0140. The van der Waals surface area contributed by atoms with E-state index in [-0.39, 0.29) is 16.8 Å². The van der Waals surface area contributed by atoms with Gasteiger partial charge in [-0.15, -0.1) is 0 Å². The van der Waals surface area contributed by atoms with Crippen molar-refractivity contribution in [2.24, 2.45) is 5.73 Å². The minimum Gasteiger partial charge on any atom is -0.389 e. The Bertz CT molecular complexity index is 463.